The third-order valence-corrected chi connectivity index (χ3v) is 2.08. The molecule has 0 atom stereocenters. The highest BCUT2D eigenvalue weighted by Gasteiger charge is 1.95. The van der Waals surface area contributed by atoms with E-state index in [0.717, 1.165) is 12.1 Å². The summed E-state index contributed by atoms with van der Waals surface area (Å²) in [5.74, 6) is 0. The summed E-state index contributed by atoms with van der Waals surface area (Å²) < 4.78 is 0. The van der Waals surface area contributed by atoms with Crippen LogP contribution in [0.1, 0.15) is 11.3 Å². The van der Waals surface area contributed by atoms with E-state index >= 15 is 0 Å². The third-order valence-electron chi connectivity index (χ3n) is 2.08. The van der Waals surface area contributed by atoms with E-state index in [0.29, 0.717) is 5.69 Å². The van der Waals surface area contributed by atoms with E-state index in [1.807, 2.05) is 30.3 Å². The van der Waals surface area contributed by atoms with E-state index < -0.39 is 0 Å². The van der Waals surface area contributed by atoms with Crippen molar-refractivity contribution in [3.8, 4) is 0 Å². The fourth-order valence-corrected chi connectivity index (χ4v) is 1.35. The molecule has 0 aliphatic carbocycles. The molecule has 1 aromatic heterocycles. The van der Waals surface area contributed by atoms with Gasteiger partial charge in [-0.1, -0.05) is 30.3 Å². The van der Waals surface area contributed by atoms with E-state index in [4.69, 9.17) is 5.73 Å². The average molecular weight is 184 g/mol. The first kappa shape index (κ1) is 8.75. The molecule has 0 spiro atoms. The zero-order chi connectivity index (χ0) is 9.80. The van der Waals surface area contributed by atoms with E-state index in [2.05, 4.69) is 17.1 Å². The number of hydrogen-bond donors (Lipinski definition) is 1. The standard InChI is InChI=1S/C12H12N2/c13-11-6-7-12(14-9-11)8-10-4-2-1-3-5-10/h1-7,9H,8,13H2. The minimum Gasteiger partial charge on any atom is -0.397 e. The summed E-state index contributed by atoms with van der Waals surface area (Å²) in [5, 5.41) is 0. The normalized spacial score (nSPS) is 10.0. The van der Waals surface area contributed by atoms with Crippen LogP contribution in [-0.4, -0.2) is 4.98 Å². The first-order valence-electron chi connectivity index (χ1n) is 4.59. The molecule has 14 heavy (non-hydrogen) atoms. The first-order valence-corrected chi connectivity index (χ1v) is 4.59. The number of nitrogens with zero attached hydrogens (tertiary/aromatic N) is 1. The maximum absolute atomic E-state index is 5.56. The van der Waals surface area contributed by atoms with Crippen molar-refractivity contribution >= 4 is 5.69 Å². The quantitative estimate of drug-likeness (QED) is 0.777. The number of pyridine rings is 1. The molecule has 0 aliphatic rings. The lowest BCUT2D eigenvalue weighted by Crippen LogP contribution is -1.93. The van der Waals surface area contributed by atoms with Gasteiger partial charge in [-0.25, -0.2) is 0 Å². The minimum absolute atomic E-state index is 0.710. The van der Waals surface area contributed by atoms with Crippen molar-refractivity contribution in [2.45, 2.75) is 6.42 Å². The predicted octanol–water partition coefficient (Wildman–Crippen LogP) is 2.25. The molecule has 2 heteroatoms. The molecule has 70 valence electrons. The molecule has 2 nitrogen and oxygen atoms in total. The Morgan fingerprint density at radius 1 is 1.00 bits per heavy atom. The van der Waals surface area contributed by atoms with Crippen LogP contribution in [0.25, 0.3) is 0 Å². The fraction of sp³-hybridized carbons (Fsp3) is 0.0833. The Kier molecular flexibility index (Phi) is 2.45. The van der Waals surface area contributed by atoms with E-state index in [1.54, 1.807) is 6.20 Å². The van der Waals surface area contributed by atoms with Crippen molar-refractivity contribution in [1.82, 2.24) is 4.98 Å². The first-order chi connectivity index (χ1) is 6.84. The van der Waals surface area contributed by atoms with Crippen LogP contribution in [-0.2, 0) is 6.42 Å². The molecule has 0 saturated carbocycles. The fourth-order valence-electron chi connectivity index (χ4n) is 1.35. The Morgan fingerprint density at radius 2 is 1.79 bits per heavy atom. The Balaban J connectivity index is 2.16. The van der Waals surface area contributed by atoms with Gasteiger partial charge in [0, 0.05) is 12.1 Å². The summed E-state index contributed by atoms with van der Waals surface area (Å²) in [6, 6.07) is 14.1. The van der Waals surface area contributed by atoms with Crippen LogP contribution in [0.2, 0.25) is 0 Å². The SMILES string of the molecule is Nc1ccc(Cc2ccccc2)nc1. The number of rotatable bonds is 2. The van der Waals surface area contributed by atoms with Gasteiger partial charge in [0.25, 0.3) is 0 Å². The number of hydrogen-bond acceptors (Lipinski definition) is 2. The van der Waals surface area contributed by atoms with Gasteiger partial charge in [0.1, 0.15) is 0 Å². The second-order valence-electron chi connectivity index (χ2n) is 3.25. The minimum atomic E-state index is 0.710. The van der Waals surface area contributed by atoms with Crippen LogP contribution in [0.4, 0.5) is 5.69 Å². The highest BCUT2D eigenvalue weighted by Crippen LogP contribution is 2.08. The van der Waals surface area contributed by atoms with Gasteiger partial charge in [0.15, 0.2) is 0 Å². The Hall–Kier alpha value is -1.83. The molecule has 0 radical (unpaired) electrons. The van der Waals surface area contributed by atoms with Gasteiger partial charge in [-0.15, -0.1) is 0 Å². The number of nitrogens with two attached hydrogens (primary N) is 1. The summed E-state index contributed by atoms with van der Waals surface area (Å²) in [6.07, 6.45) is 2.55. The number of nitrogen functional groups attached to an aromatic ring is 1. The van der Waals surface area contributed by atoms with E-state index in [9.17, 15) is 0 Å². The van der Waals surface area contributed by atoms with Crippen LogP contribution in [0, 0.1) is 0 Å². The lowest BCUT2D eigenvalue weighted by atomic mass is 10.1. The van der Waals surface area contributed by atoms with Gasteiger partial charge in [-0.2, -0.15) is 0 Å². The summed E-state index contributed by atoms with van der Waals surface area (Å²) in [4.78, 5) is 4.25. The molecule has 0 aliphatic heterocycles. The van der Waals surface area contributed by atoms with Crippen LogP contribution >= 0.6 is 0 Å². The van der Waals surface area contributed by atoms with Crippen LogP contribution in [0.3, 0.4) is 0 Å². The molecule has 0 amide bonds. The summed E-state index contributed by atoms with van der Waals surface area (Å²) in [6.45, 7) is 0. The van der Waals surface area contributed by atoms with Crippen molar-refractivity contribution in [1.29, 1.82) is 0 Å². The second kappa shape index (κ2) is 3.92. The van der Waals surface area contributed by atoms with Gasteiger partial charge in [0.05, 0.1) is 11.9 Å². The third kappa shape index (κ3) is 2.10. The van der Waals surface area contributed by atoms with Gasteiger partial charge in [0.2, 0.25) is 0 Å². The van der Waals surface area contributed by atoms with Crippen LogP contribution in [0.15, 0.2) is 48.7 Å². The van der Waals surface area contributed by atoms with Gasteiger partial charge in [-0.3, -0.25) is 4.98 Å². The highest BCUT2D eigenvalue weighted by atomic mass is 14.7. The Morgan fingerprint density at radius 3 is 2.43 bits per heavy atom. The zero-order valence-electron chi connectivity index (χ0n) is 7.85. The van der Waals surface area contributed by atoms with Crippen molar-refractivity contribution in [2.24, 2.45) is 0 Å². The Bertz CT molecular complexity index is 392. The van der Waals surface area contributed by atoms with Gasteiger partial charge < -0.3 is 5.73 Å². The number of aromatic nitrogens is 1. The Labute approximate surface area is 83.4 Å². The maximum atomic E-state index is 5.56. The topological polar surface area (TPSA) is 38.9 Å². The molecule has 2 rings (SSSR count). The predicted molar refractivity (Wildman–Crippen MR) is 57.9 cm³/mol. The summed E-state index contributed by atoms with van der Waals surface area (Å²) in [7, 11) is 0. The van der Waals surface area contributed by atoms with Gasteiger partial charge in [-0.05, 0) is 17.7 Å². The van der Waals surface area contributed by atoms with Crippen molar-refractivity contribution < 1.29 is 0 Å². The molecule has 0 fully saturated rings. The lowest BCUT2D eigenvalue weighted by Gasteiger charge is -2.00. The molecule has 2 aromatic rings. The highest BCUT2D eigenvalue weighted by molar-refractivity contribution is 5.35. The molecule has 2 N–H and O–H groups in total. The molecular weight excluding hydrogens is 172 g/mol. The number of benzene rings is 1. The number of anilines is 1. The molecular formula is C12H12N2. The second-order valence-corrected chi connectivity index (χ2v) is 3.25. The smallest absolute Gasteiger partial charge is 0.0501 e. The maximum Gasteiger partial charge on any atom is 0.0501 e. The lowest BCUT2D eigenvalue weighted by molar-refractivity contribution is 1.08. The molecule has 1 heterocycles. The molecule has 0 unspecified atom stereocenters. The summed E-state index contributed by atoms with van der Waals surface area (Å²) >= 11 is 0. The molecule has 0 bridgehead atoms. The zero-order valence-corrected chi connectivity index (χ0v) is 7.85. The van der Waals surface area contributed by atoms with Crippen molar-refractivity contribution in [3.63, 3.8) is 0 Å². The molecule has 1 aromatic carbocycles. The summed E-state index contributed by atoms with van der Waals surface area (Å²) in [5.41, 5.74) is 8.58. The van der Waals surface area contributed by atoms with Crippen molar-refractivity contribution in [3.05, 3.63) is 59.9 Å². The van der Waals surface area contributed by atoms with E-state index in [-0.39, 0.29) is 0 Å². The monoisotopic (exact) mass is 184 g/mol. The average Bonchev–Trinajstić information content (AvgIpc) is 2.23. The van der Waals surface area contributed by atoms with Crippen molar-refractivity contribution in [2.75, 3.05) is 5.73 Å². The van der Waals surface area contributed by atoms with Gasteiger partial charge >= 0.3 is 0 Å². The molecule has 0 saturated heterocycles. The van der Waals surface area contributed by atoms with Crippen LogP contribution in [0.5, 0.6) is 0 Å². The largest absolute Gasteiger partial charge is 0.397 e. The van der Waals surface area contributed by atoms with Crippen LogP contribution < -0.4 is 5.73 Å². The van der Waals surface area contributed by atoms with E-state index in [1.165, 1.54) is 5.56 Å².